The second-order valence-corrected chi connectivity index (χ2v) is 7.82. The van der Waals surface area contributed by atoms with Gasteiger partial charge in [0.05, 0.1) is 5.75 Å². The number of hydrogen-bond acceptors (Lipinski definition) is 4. The van der Waals surface area contributed by atoms with Gasteiger partial charge >= 0.3 is 6.18 Å². The van der Waals surface area contributed by atoms with Crippen LogP contribution < -0.4 is 10.6 Å². The molecule has 0 aromatic carbocycles. The smallest absolute Gasteiger partial charge is 0.354 e. The summed E-state index contributed by atoms with van der Waals surface area (Å²) in [6.07, 6.45) is -1.73. The Balaban J connectivity index is 2.65. The third kappa shape index (κ3) is 6.77. The second kappa shape index (κ2) is 7.86. The van der Waals surface area contributed by atoms with Crippen LogP contribution in [-0.2, 0) is 29.6 Å². The van der Waals surface area contributed by atoms with Crippen LogP contribution in [0.25, 0.3) is 0 Å². The average molecular weight is 369 g/mol. The summed E-state index contributed by atoms with van der Waals surface area (Å²) < 4.78 is 62.0. The monoisotopic (exact) mass is 369 g/mol. The van der Waals surface area contributed by atoms with E-state index in [0.29, 0.717) is 6.42 Å². The van der Waals surface area contributed by atoms with Gasteiger partial charge in [0.1, 0.15) is 9.84 Å². The summed E-state index contributed by atoms with van der Waals surface area (Å²) >= 11 is 0. The molecule has 0 fully saturated rings. The molecule has 1 unspecified atom stereocenters. The number of rotatable bonds is 6. The molecule has 1 rings (SSSR count). The molecule has 24 heavy (non-hydrogen) atoms. The van der Waals surface area contributed by atoms with E-state index in [9.17, 15) is 21.6 Å². The van der Waals surface area contributed by atoms with Crippen molar-refractivity contribution in [1.82, 2.24) is 20.4 Å². The lowest BCUT2D eigenvalue weighted by Gasteiger charge is -2.17. The number of hydrogen-bond donors (Lipinski definition) is 2. The van der Waals surface area contributed by atoms with Crippen LogP contribution in [0.1, 0.15) is 24.6 Å². The first kappa shape index (κ1) is 20.3. The van der Waals surface area contributed by atoms with Crippen molar-refractivity contribution in [3.05, 3.63) is 17.5 Å². The summed E-state index contributed by atoms with van der Waals surface area (Å²) in [5.41, 5.74) is -0.949. The Labute approximate surface area is 139 Å². The molecule has 1 aromatic heterocycles. The maximum absolute atomic E-state index is 12.9. The highest BCUT2D eigenvalue weighted by atomic mass is 32.2. The maximum atomic E-state index is 12.9. The first-order chi connectivity index (χ1) is 10.9. The summed E-state index contributed by atoms with van der Waals surface area (Å²) in [6, 6.07) is -0.207. The van der Waals surface area contributed by atoms with Crippen LogP contribution >= 0.6 is 0 Å². The standard InChI is InChI=1S/C13H22F3N5O2S/c1-9(5-6-24(4,22)23)19-12(17-2)18-7-10-8-21(3)20-11(10)13(14,15)16/h8-9H,5-7H2,1-4H3,(H2,17,18,19). The molecule has 1 atom stereocenters. The van der Waals surface area contributed by atoms with Gasteiger partial charge in [-0.15, -0.1) is 0 Å². The Bertz CT molecular complexity index is 682. The molecule has 0 amide bonds. The van der Waals surface area contributed by atoms with Crippen LogP contribution in [0.3, 0.4) is 0 Å². The molecule has 2 N–H and O–H groups in total. The van der Waals surface area contributed by atoms with Crippen molar-refractivity contribution in [2.75, 3.05) is 19.1 Å². The van der Waals surface area contributed by atoms with Gasteiger partial charge in [-0.1, -0.05) is 0 Å². The fraction of sp³-hybridized carbons (Fsp3) is 0.692. The molecule has 7 nitrogen and oxygen atoms in total. The first-order valence-corrected chi connectivity index (χ1v) is 9.23. The lowest BCUT2D eigenvalue weighted by atomic mass is 10.2. The molecule has 0 radical (unpaired) electrons. The fourth-order valence-electron chi connectivity index (χ4n) is 1.98. The number of guanidine groups is 1. The van der Waals surface area contributed by atoms with Crippen molar-refractivity contribution >= 4 is 15.8 Å². The van der Waals surface area contributed by atoms with E-state index in [-0.39, 0.29) is 29.9 Å². The summed E-state index contributed by atoms with van der Waals surface area (Å²) in [7, 11) is -0.178. The van der Waals surface area contributed by atoms with E-state index in [2.05, 4.69) is 20.7 Å². The van der Waals surface area contributed by atoms with Gasteiger partial charge in [0, 0.05) is 44.7 Å². The fourth-order valence-corrected chi connectivity index (χ4v) is 2.76. The number of aliphatic imine (C=N–C) groups is 1. The maximum Gasteiger partial charge on any atom is 0.435 e. The molecule has 0 saturated carbocycles. The van der Waals surface area contributed by atoms with E-state index >= 15 is 0 Å². The van der Waals surface area contributed by atoms with Gasteiger partial charge in [-0.2, -0.15) is 18.3 Å². The minimum atomic E-state index is -4.53. The van der Waals surface area contributed by atoms with Gasteiger partial charge in [-0.25, -0.2) is 8.42 Å². The molecule has 0 aliphatic rings. The lowest BCUT2D eigenvalue weighted by molar-refractivity contribution is -0.142. The highest BCUT2D eigenvalue weighted by Crippen LogP contribution is 2.30. The van der Waals surface area contributed by atoms with Gasteiger partial charge < -0.3 is 10.6 Å². The quantitative estimate of drug-likeness (QED) is 0.575. The molecule has 1 aromatic rings. The first-order valence-electron chi connectivity index (χ1n) is 7.17. The van der Waals surface area contributed by atoms with E-state index in [1.165, 1.54) is 20.3 Å². The number of halogens is 3. The Hall–Kier alpha value is -1.78. The summed E-state index contributed by atoms with van der Waals surface area (Å²) in [6.45, 7) is 1.66. The van der Waals surface area contributed by atoms with Gasteiger partial charge in [-0.05, 0) is 13.3 Å². The third-order valence-electron chi connectivity index (χ3n) is 3.15. The Morgan fingerprint density at radius 2 is 2.08 bits per heavy atom. The predicted molar refractivity (Wildman–Crippen MR) is 85.3 cm³/mol. The third-order valence-corrected chi connectivity index (χ3v) is 4.13. The number of alkyl halides is 3. The molecule has 0 aliphatic heterocycles. The van der Waals surface area contributed by atoms with Gasteiger partial charge in [0.15, 0.2) is 11.7 Å². The van der Waals surface area contributed by atoms with Gasteiger partial charge in [0.2, 0.25) is 0 Å². The molecule has 0 bridgehead atoms. The summed E-state index contributed by atoms with van der Waals surface area (Å²) in [4.78, 5) is 3.92. The van der Waals surface area contributed by atoms with Crippen LogP contribution in [-0.4, -0.2) is 49.3 Å². The molecule has 0 saturated heterocycles. The number of nitrogens with one attached hydrogen (secondary N) is 2. The number of sulfone groups is 1. The zero-order valence-electron chi connectivity index (χ0n) is 14.0. The van der Waals surface area contributed by atoms with Gasteiger partial charge in [-0.3, -0.25) is 9.67 Å². The van der Waals surface area contributed by atoms with Crippen molar-refractivity contribution in [1.29, 1.82) is 0 Å². The average Bonchev–Trinajstić information content (AvgIpc) is 2.81. The zero-order valence-corrected chi connectivity index (χ0v) is 14.8. The number of aryl methyl sites for hydroxylation is 1. The number of aromatic nitrogens is 2. The van der Waals surface area contributed by atoms with Crippen LogP contribution in [0.15, 0.2) is 11.2 Å². The Morgan fingerprint density at radius 1 is 1.46 bits per heavy atom. The van der Waals surface area contributed by atoms with E-state index in [0.717, 1.165) is 10.9 Å². The normalized spacial score (nSPS) is 14.5. The SMILES string of the molecule is CN=C(NCc1cn(C)nc1C(F)(F)F)NC(C)CCS(C)(=O)=O. The highest BCUT2D eigenvalue weighted by molar-refractivity contribution is 7.90. The van der Waals surface area contributed by atoms with Gasteiger partial charge in [0.25, 0.3) is 0 Å². The van der Waals surface area contributed by atoms with Crippen LogP contribution in [0.5, 0.6) is 0 Å². The summed E-state index contributed by atoms with van der Waals surface area (Å²) in [5, 5.41) is 9.14. The van der Waals surface area contributed by atoms with E-state index in [1.54, 1.807) is 6.92 Å². The zero-order chi connectivity index (χ0) is 18.5. The molecular weight excluding hydrogens is 347 g/mol. The molecule has 0 spiro atoms. The summed E-state index contributed by atoms with van der Waals surface area (Å²) in [5.74, 6) is 0.298. The molecular formula is C13H22F3N5O2S. The Kier molecular flexibility index (Phi) is 6.64. The highest BCUT2D eigenvalue weighted by Gasteiger charge is 2.36. The van der Waals surface area contributed by atoms with Crippen LogP contribution in [0.2, 0.25) is 0 Å². The molecule has 138 valence electrons. The minimum absolute atomic E-state index is 0.00302. The predicted octanol–water partition coefficient (Wildman–Crippen LogP) is 0.927. The van der Waals surface area contributed by atoms with E-state index in [1.807, 2.05) is 0 Å². The largest absolute Gasteiger partial charge is 0.435 e. The van der Waals surface area contributed by atoms with E-state index < -0.39 is 21.7 Å². The molecule has 1 heterocycles. The molecule has 0 aliphatic carbocycles. The number of nitrogens with zero attached hydrogens (tertiary/aromatic N) is 3. The van der Waals surface area contributed by atoms with Crippen molar-refractivity contribution < 1.29 is 21.6 Å². The van der Waals surface area contributed by atoms with Crippen molar-refractivity contribution in [2.45, 2.75) is 32.1 Å². The second-order valence-electron chi connectivity index (χ2n) is 5.56. The lowest BCUT2D eigenvalue weighted by Crippen LogP contribution is -2.42. The van der Waals surface area contributed by atoms with Crippen LogP contribution in [0.4, 0.5) is 13.2 Å². The minimum Gasteiger partial charge on any atom is -0.354 e. The topological polar surface area (TPSA) is 88.4 Å². The van der Waals surface area contributed by atoms with Crippen molar-refractivity contribution in [3.8, 4) is 0 Å². The van der Waals surface area contributed by atoms with Crippen LogP contribution in [0, 0.1) is 0 Å². The Morgan fingerprint density at radius 3 is 2.58 bits per heavy atom. The van der Waals surface area contributed by atoms with Crippen molar-refractivity contribution in [2.24, 2.45) is 12.0 Å². The van der Waals surface area contributed by atoms with E-state index in [4.69, 9.17) is 0 Å². The van der Waals surface area contributed by atoms with Crippen molar-refractivity contribution in [3.63, 3.8) is 0 Å². The molecule has 11 heteroatoms.